The molecule has 0 amide bonds. The lowest BCUT2D eigenvalue weighted by atomic mass is 10.1. The van der Waals surface area contributed by atoms with Gasteiger partial charge in [0.15, 0.2) is 11.5 Å². The summed E-state index contributed by atoms with van der Waals surface area (Å²) in [5.74, 6) is 0.849. The molecule has 1 aromatic heterocycles. The molecule has 94 valence electrons. The molecule has 1 heterocycles. The molecule has 0 unspecified atom stereocenters. The van der Waals surface area contributed by atoms with Crippen LogP contribution in [0.25, 0.3) is 11.4 Å². The third-order valence-corrected chi connectivity index (χ3v) is 2.85. The largest absolute Gasteiger partial charge is 0.504 e. The van der Waals surface area contributed by atoms with Gasteiger partial charge in [-0.25, -0.2) is 4.98 Å². The maximum absolute atomic E-state index is 11.7. The molecule has 0 aliphatic rings. The topological polar surface area (TPSA) is 75.2 Å². The van der Waals surface area contributed by atoms with Gasteiger partial charge in [-0.1, -0.05) is 0 Å². The van der Waals surface area contributed by atoms with Crippen molar-refractivity contribution < 1.29 is 9.84 Å². The second kappa shape index (κ2) is 4.52. The number of hydrogen-bond acceptors (Lipinski definition) is 4. The van der Waals surface area contributed by atoms with Crippen LogP contribution in [0.5, 0.6) is 11.5 Å². The summed E-state index contributed by atoms with van der Waals surface area (Å²) in [7, 11) is 1.47. The van der Waals surface area contributed by atoms with Crippen molar-refractivity contribution in [3.63, 3.8) is 0 Å². The number of aromatic amines is 1. The highest BCUT2D eigenvalue weighted by Crippen LogP contribution is 2.29. The highest BCUT2D eigenvalue weighted by molar-refractivity contribution is 5.60. The fourth-order valence-corrected chi connectivity index (χ4v) is 1.61. The van der Waals surface area contributed by atoms with Gasteiger partial charge in [0, 0.05) is 16.8 Å². The van der Waals surface area contributed by atoms with Gasteiger partial charge in [-0.2, -0.15) is 0 Å². The second-order valence-electron chi connectivity index (χ2n) is 4.01. The van der Waals surface area contributed by atoms with Gasteiger partial charge in [0.05, 0.1) is 7.11 Å². The molecule has 0 atom stereocenters. The van der Waals surface area contributed by atoms with Gasteiger partial charge in [0.2, 0.25) is 0 Å². The fourth-order valence-electron chi connectivity index (χ4n) is 1.61. The number of aromatic nitrogens is 2. The molecule has 0 spiro atoms. The van der Waals surface area contributed by atoms with Gasteiger partial charge in [0.1, 0.15) is 5.82 Å². The Hall–Kier alpha value is -2.30. The van der Waals surface area contributed by atoms with Crippen molar-refractivity contribution in [1.82, 2.24) is 9.97 Å². The summed E-state index contributed by atoms with van der Waals surface area (Å²) in [5, 5.41) is 9.52. The fraction of sp³-hybridized carbons (Fsp3) is 0.231. The lowest BCUT2D eigenvalue weighted by Gasteiger charge is -2.07. The summed E-state index contributed by atoms with van der Waals surface area (Å²) in [6.45, 7) is 3.51. The van der Waals surface area contributed by atoms with E-state index in [1.54, 1.807) is 26.0 Å². The van der Waals surface area contributed by atoms with Gasteiger partial charge in [0.25, 0.3) is 5.56 Å². The molecule has 0 aliphatic carbocycles. The van der Waals surface area contributed by atoms with Gasteiger partial charge in [-0.15, -0.1) is 0 Å². The smallest absolute Gasteiger partial charge is 0.254 e. The van der Waals surface area contributed by atoms with Crippen LogP contribution in [0, 0.1) is 13.8 Å². The highest BCUT2D eigenvalue weighted by atomic mass is 16.5. The summed E-state index contributed by atoms with van der Waals surface area (Å²) >= 11 is 0. The minimum absolute atomic E-state index is 0.0485. The molecular formula is C13H14N2O3. The van der Waals surface area contributed by atoms with Crippen molar-refractivity contribution in [2.75, 3.05) is 7.11 Å². The molecule has 5 heteroatoms. The lowest BCUT2D eigenvalue weighted by molar-refractivity contribution is 0.373. The summed E-state index contributed by atoms with van der Waals surface area (Å²) in [6, 6.07) is 4.80. The van der Waals surface area contributed by atoms with Gasteiger partial charge in [-0.3, -0.25) is 4.79 Å². The summed E-state index contributed by atoms with van der Waals surface area (Å²) < 4.78 is 5.02. The van der Waals surface area contributed by atoms with E-state index in [1.165, 1.54) is 13.2 Å². The first-order valence-corrected chi connectivity index (χ1v) is 5.48. The Morgan fingerprint density at radius 1 is 1.33 bits per heavy atom. The summed E-state index contributed by atoms with van der Waals surface area (Å²) in [4.78, 5) is 18.7. The number of H-pyrrole nitrogens is 1. The zero-order valence-corrected chi connectivity index (χ0v) is 10.4. The van der Waals surface area contributed by atoms with Crippen LogP contribution in [-0.4, -0.2) is 22.2 Å². The van der Waals surface area contributed by atoms with Crippen LogP contribution in [-0.2, 0) is 0 Å². The lowest BCUT2D eigenvalue weighted by Crippen LogP contribution is -2.14. The van der Waals surface area contributed by atoms with Crippen molar-refractivity contribution in [3.8, 4) is 22.9 Å². The number of aryl methyl sites for hydroxylation is 1. The number of ether oxygens (including phenoxy) is 1. The van der Waals surface area contributed by atoms with Crippen LogP contribution in [0.1, 0.15) is 11.3 Å². The number of benzene rings is 1. The Balaban J connectivity index is 2.59. The normalized spacial score (nSPS) is 10.4. The standard InChI is InChI=1S/C13H14N2O3/c1-7-8(2)14-12(15-13(7)17)9-4-5-10(16)11(6-9)18-3/h4-6,16H,1-3H3,(H,14,15,17). The number of phenols is 1. The van der Waals surface area contributed by atoms with E-state index in [9.17, 15) is 9.90 Å². The summed E-state index contributed by atoms with van der Waals surface area (Å²) in [5.41, 5.74) is 1.81. The molecule has 0 bridgehead atoms. The molecule has 5 nitrogen and oxygen atoms in total. The predicted molar refractivity (Wildman–Crippen MR) is 68.0 cm³/mol. The number of hydrogen-bond donors (Lipinski definition) is 2. The Morgan fingerprint density at radius 3 is 2.67 bits per heavy atom. The number of methoxy groups -OCH3 is 1. The van der Waals surface area contributed by atoms with E-state index in [4.69, 9.17) is 4.74 Å². The Morgan fingerprint density at radius 2 is 2.06 bits per heavy atom. The van der Waals surface area contributed by atoms with Crippen LogP contribution in [0.2, 0.25) is 0 Å². The first-order valence-electron chi connectivity index (χ1n) is 5.48. The number of rotatable bonds is 2. The van der Waals surface area contributed by atoms with E-state index < -0.39 is 0 Å². The van der Waals surface area contributed by atoms with Crippen LogP contribution in [0.3, 0.4) is 0 Å². The number of nitrogens with one attached hydrogen (secondary N) is 1. The molecule has 0 radical (unpaired) electrons. The maximum atomic E-state index is 11.7. The Bertz CT molecular complexity index is 647. The van der Waals surface area contributed by atoms with E-state index in [0.717, 1.165) is 0 Å². The van der Waals surface area contributed by atoms with E-state index >= 15 is 0 Å². The second-order valence-corrected chi connectivity index (χ2v) is 4.01. The molecule has 1 aromatic carbocycles. The quantitative estimate of drug-likeness (QED) is 0.846. The van der Waals surface area contributed by atoms with Crippen molar-refractivity contribution >= 4 is 0 Å². The van der Waals surface area contributed by atoms with Crippen molar-refractivity contribution in [1.29, 1.82) is 0 Å². The van der Waals surface area contributed by atoms with Gasteiger partial charge < -0.3 is 14.8 Å². The molecule has 0 fully saturated rings. The van der Waals surface area contributed by atoms with Crippen molar-refractivity contribution in [2.45, 2.75) is 13.8 Å². The molecule has 2 N–H and O–H groups in total. The Labute approximate surface area is 104 Å². The van der Waals surface area contributed by atoms with Gasteiger partial charge in [-0.05, 0) is 32.0 Å². The zero-order chi connectivity index (χ0) is 13.3. The molecule has 2 rings (SSSR count). The van der Waals surface area contributed by atoms with Crippen LogP contribution in [0.4, 0.5) is 0 Å². The summed E-state index contributed by atoms with van der Waals surface area (Å²) in [6.07, 6.45) is 0. The minimum Gasteiger partial charge on any atom is -0.504 e. The van der Waals surface area contributed by atoms with Crippen LogP contribution in [0.15, 0.2) is 23.0 Å². The van der Waals surface area contributed by atoms with Crippen molar-refractivity contribution in [3.05, 3.63) is 39.8 Å². The number of aromatic hydroxyl groups is 1. The van der Waals surface area contributed by atoms with Crippen molar-refractivity contribution in [2.24, 2.45) is 0 Å². The maximum Gasteiger partial charge on any atom is 0.254 e. The SMILES string of the molecule is COc1cc(-c2nc(C)c(C)c(=O)[nH]2)ccc1O. The van der Waals surface area contributed by atoms with E-state index in [-0.39, 0.29) is 11.3 Å². The highest BCUT2D eigenvalue weighted by Gasteiger charge is 2.09. The monoisotopic (exact) mass is 246 g/mol. The van der Waals surface area contributed by atoms with Gasteiger partial charge >= 0.3 is 0 Å². The molecular weight excluding hydrogens is 232 g/mol. The van der Waals surface area contributed by atoms with E-state index in [1.807, 2.05) is 0 Å². The number of nitrogens with zero attached hydrogens (tertiary/aromatic N) is 1. The Kier molecular flexibility index (Phi) is 3.06. The van der Waals surface area contributed by atoms with Crippen LogP contribution < -0.4 is 10.3 Å². The average Bonchev–Trinajstić information content (AvgIpc) is 2.36. The molecule has 0 saturated carbocycles. The third-order valence-electron chi connectivity index (χ3n) is 2.85. The average molecular weight is 246 g/mol. The van der Waals surface area contributed by atoms with E-state index in [2.05, 4.69) is 9.97 Å². The molecule has 18 heavy (non-hydrogen) atoms. The van der Waals surface area contributed by atoms with Crippen LogP contribution >= 0.6 is 0 Å². The molecule has 0 saturated heterocycles. The number of phenolic OH excluding ortho intramolecular Hbond substituents is 1. The molecule has 0 aliphatic heterocycles. The third kappa shape index (κ3) is 2.07. The zero-order valence-electron chi connectivity index (χ0n) is 10.4. The first-order chi connectivity index (χ1) is 8.52. The molecule has 2 aromatic rings. The van der Waals surface area contributed by atoms with E-state index in [0.29, 0.717) is 28.4 Å². The minimum atomic E-state index is -0.162. The predicted octanol–water partition coefficient (Wildman–Crippen LogP) is 1.77. The first kappa shape index (κ1) is 12.2.